The molecule has 1 amide bonds. The summed E-state index contributed by atoms with van der Waals surface area (Å²) in [6.45, 7) is 4.10. The Morgan fingerprint density at radius 1 is 1.17 bits per heavy atom. The number of halogens is 1. The maximum Gasteiger partial charge on any atom is 0.340 e. The van der Waals surface area contributed by atoms with E-state index in [-0.39, 0.29) is 19.1 Å². The molecular formula is C18H19BrN2O3. The number of hydrogen-bond donors (Lipinski definition) is 2. The van der Waals surface area contributed by atoms with Crippen LogP contribution >= 0.6 is 15.9 Å². The van der Waals surface area contributed by atoms with Gasteiger partial charge in [0.1, 0.15) is 0 Å². The lowest BCUT2D eigenvalue weighted by atomic mass is 10.2. The first-order valence-electron chi connectivity index (χ1n) is 7.57. The van der Waals surface area contributed by atoms with Gasteiger partial charge in [0.2, 0.25) is 5.91 Å². The fraction of sp³-hybridized carbons (Fsp3) is 0.222. The summed E-state index contributed by atoms with van der Waals surface area (Å²) in [4.78, 5) is 24.0. The second-order valence-corrected chi connectivity index (χ2v) is 5.99. The Hall–Kier alpha value is -2.34. The molecule has 0 aromatic heterocycles. The smallest absolute Gasteiger partial charge is 0.340 e. The fourth-order valence-electron chi connectivity index (χ4n) is 2.11. The largest absolute Gasteiger partial charge is 0.462 e. The van der Waals surface area contributed by atoms with E-state index in [1.54, 1.807) is 31.2 Å². The van der Waals surface area contributed by atoms with Gasteiger partial charge in [-0.15, -0.1) is 0 Å². The molecule has 2 aromatic rings. The highest BCUT2D eigenvalue weighted by molar-refractivity contribution is 9.10. The number of esters is 1. The number of aryl methyl sites for hydroxylation is 1. The summed E-state index contributed by atoms with van der Waals surface area (Å²) in [5, 5.41) is 5.79. The van der Waals surface area contributed by atoms with Crippen LogP contribution in [0.2, 0.25) is 0 Å². The fourth-order valence-corrected chi connectivity index (χ4v) is 2.36. The molecule has 0 aliphatic rings. The van der Waals surface area contributed by atoms with Crippen LogP contribution in [0.1, 0.15) is 22.8 Å². The van der Waals surface area contributed by atoms with E-state index in [0.29, 0.717) is 11.3 Å². The lowest BCUT2D eigenvalue weighted by Gasteiger charge is -2.11. The van der Waals surface area contributed by atoms with Crippen LogP contribution in [0, 0.1) is 6.92 Å². The van der Waals surface area contributed by atoms with Crippen molar-refractivity contribution >= 4 is 39.2 Å². The summed E-state index contributed by atoms with van der Waals surface area (Å²) in [5.74, 6) is -0.697. The molecule has 5 nitrogen and oxygen atoms in total. The molecule has 0 unspecified atom stereocenters. The molecule has 0 bridgehead atoms. The van der Waals surface area contributed by atoms with Gasteiger partial charge in [-0.25, -0.2) is 4.79 Å². The van der Waals surface area contributed by atoms with Crippen molar-refractivity contribution in [2.45, 2.75) is 13.8 Å². The number of nitrogens with one attached hydrogen (secondary N) is 2. The summed E-state index contributed by atoms with van der Waals surface area (Å²) in [5.41, 5.74) is 2.71. The van der Waals surface area contributed by atoms with Crippen molar-refractivity contribution in [3.63, 3.8) is 0 Å². The number of carbonyl (C=O) groups excluding carboxylic acids is 2. The standard InChI is InChI=1S/C18H19BrN2O3/c1-3-24-18(23)14-6-4-5-7-16(14)21-17(22)11-20-13-8-9-15(19)12(2)10-13/h4-10,20H,3,11H2,1-2H3,(H,21,22). The minimum absolute atomic E-state index is 0.0955. The minimum atomic E-state index is -0.454. The zero-order chi connectivity index (χ0) is 17.5. The Morgan fingerprint density at radius 3 is 2.62 bits per heavy atom. The number of hydrogen-bond acceptors (Lipinski definition) is 4. The number of para-hydroxylation sites is 1. The zero-order valence-electron chi connectivity index (χ0n) is 13.6. The topological polar surface area (TPSA) is 67.4 Å². The summed E-state index contributed by atoms with van der Waals surface area (Å²) in [6.07, 6.45) is 0. The molecule has 0 radical (unpaired) electrons. The molecule has 2 rings (SSSR count). The molecule has 0 fully saturated rings. The molecular weight excluding hydrogens is 372 g/mol. The van der Waals surface area contributed by atoms with Crippen LogP contribution < -0.4 is 10.6 Å². The van der Waals surface area contributed by atoms with Gasteiger partial charge < -0.3 is 15.4 Å². The quantitative estimate of drug-likeness (QED) is 0.731. The summed E-state index contributed by atoms with van der Waals surface area (Å²) in [6, 6.07) is 12.5. The second kappa shape index (κ2) is 8.49. The zero-order valence-corrected chi connectivity index (χ0v) is 15.1. The second-order valence-electron chi connectivity index (χ2n) is 5.13. The molecule has 2 aromatic carbocycles. The Balaban J connectivity index is 1.99. The molecule has 0 aliphatic carbocycles. The van der Waals surface area contributed by atoms with Crippen molar-refractivity contribution in [1.82, 2.24) is 0 Å². The maximum absolute atomic E-state index is 12.1. The van der Waals surface area contributed by atoms with Gasteiger partial charge in [-0.2, -0.15) is 0 Å². The highest BCUT2D eigenvalue weighted by atomic mass is 79.9. The lowest BCUT2D eigenvalue weighted by Crippen LogP contribution is -2.23. The van der Waals surface area contributed by atoms with E-state index in [4.69, 9.17) is 4.74 Å². The van der Waals surface area contributed by atoms with Crippen LogP contribution in [-0.2, 0) is 9.53 Å². The van der Waals surface area contributed by atoms with E-state index >= 15 is 0 Å². The monoisotopic (exact) mass is 390 g/mol. The van der Waals surface area contributed by atoms with Crippen LogP contribution in [0.25, 0.3) is 0 Å². The van der Waals surface area contributed by atoms with Crippen molar-refractivity contribution in [2.24, 2.45) is 0 Å². The van der Waals surface area contributed by atoms with Gasteiger partial charge >= 0.3 is 5.97 Å². The third-order valence-electron chi connectivity index (χ3n) is 3.31. The van der Waals surface area contributed by atoms with Crippen LogP contribution in [0.3, 0.4) is 0 Å². The Bertz CT molecular complexity index is 747. The molecule has 2 N–H and O–H groups in total. The van der Waals surface area contributed by atoms with Gasteiger partial charge in [0.05, 0.1) is 24.4 Å². The van der Waals surface area contributed by atoms with Crippen LogP contribution in [0.15, 0.2) is 46.9 Å². The van der Waals surface area contributed by atoms with E-state index in [1.165, 1.54) is 0 Å². The van der Waals surface area contributed by atoms with E-state index in [9.17, 15) is 9.59 Å². The van der Waals surface area contributed by atoms with Gasteiger partial charge in [-0.3, -0.25) is 4.79 Å². The first-order chi connectivity index (χ1) is 11.5. The molecule has 24 heavy (non-hydrogen) atoms. The van der Waals surface area contributed by atoms with Crippen LogP contribution in [0.4, 0.5) is 11.4 Å². The molecule has 0 saturated carbocycles. The van der Waals surface area contributed by atoms with Gasteiger partial charge in [0, 0.05) is 10.2 Å². The summed E-state index contributed by atoms with van der Waals surface area (Å²) in [7, 11) is 0. The number of rotatable bonds is 6. The molecule has 0 heterocycles. The molecule has 0 spiro atoms. The van der Waals surface area contributed by atoms with E-state index in [1.807, 2.05) is 25.1 Å². The maximum atomic E-state index is 12.1. The number of amides is 1. The van der Waals surface area contributed by atoms with Gasteiger partial charge in [0.15, 0.2) is 0 Å². The van der Waals surface area contributed by atoms with Gasteiger partial charge in [-0.05, 0) is 49.7 Å². The third-order valence-corrected chi connectivity index (χ3v) is 4.20. The highest BCUT2D eigenvalue weighted by Crippen LogP contribution is 2.20. The summed E-state index contributed by atoms with van der Waals surface area (Å²) >= 11 is 3.44. The van der Waals surface area contributed by atoms with Gasteiger partial charge in [0.25, 0.3) is 0 Å². The normalized spacial score (nSPS) is 10.1. The number of anilines is 2. The molecule has 0 atom stereocenters. The Kier molecular flexibility index (Phi) is 6.37. The third kappa shape index (κ3) is 4.83. The highest BCUT2D eigenvalue weighted by Gasteiger charge is 2.13. The first kappa shape index (κ1) is 18.0. The van der Waals surface area contributed by atoms with Gasteiger partial charge in [-0.1, -0.05) is 28.1 Å². The van der Waals surface area contributed by atoms with E-state index < -0.39 is 5.97 Å². The minimum Gasteiger partial charge on any atom is -0.462 e. The van der Waals surface area contributed by atoms with Crippen molar-refractivity contribution in [2.75, 3.05) is 23.8 Å². The SMILES string of the molecule is CCOC(=O)c1ccccc1NC(=O)CNc1ccc(Br)c(C)c1. The predicted molar refractivity (Wildman–Crippen MR) is 98.4 cm³/mol. The van der Waals surface area contributed by atoms with Crippen LogP contribution in [0.5, 0.6) is 0 Å². The van der Waals surface area contributed by atoms with Crippen molar-refractivity contribution in [1.29, 1.82) is 0 Å². The van der Waals surface area contributed by atoms with E-state index in [0.717, 1.165) is 15.7 Å². The Labute approximate surface area is 149 Å². The molecule has 6 heteroatoms. The molecule has 0 saturated heterocycles. The van der Waals surface area contributed by atoms with Crippen molar-refractivity contribution < 1.29 is 14.3 Å². The van der Waals surface area contributed by atoms with Crippen LogP contribution in [-0.4, -0.2) is 25.0 Å². The predicted octanol–water partition coefficient (Wildman–Crippen LogP) is 3.98. The average Bonchev–Trinajstić information content (AvgIpc) is 2.56. The number of ether oxygens (including phenoxy) is 1. The summed E-state index contributed by atoms with van der Waals surface area (Å²) < 4.78 is 6.01. The number of carbonyl (C=O) groups is 2. The molecule has 126 valence electrons. The Morgan fingerprint density at radius 2 is 1.92 bits per heavy atom. The first-order valence-corrected chi connectivity index (χ1v) is 8.36. The van der Waals surface area contributed by atoms with Crippen molar-refractivity contribution in [3.8, 4) is 0 Å². The van der Waals surface area contributed by atoms with Crippen molar-refractivity contribution in [3.05, 3.63) is 58.1 Å². The molecule has 0 aliphatic heterocycles. The van der Waals surface area contributed by atoms with E-state index in [2.05, 4.69) is 26.6 Å². The average molecular weight is 391 g/mol. The number of benzene rings is 2. The lowest BCUT2D eigenvalue weighted by molar-refractivity contribution is -0.114.